The molecule has 90 valence electrons. The molecule has 1 unspecified atom stereocenters. The first-order valence-corrected chi connectivity index (χ1v) is 5.43. The van der Waals surface area contributed by atoms with Crippen LogP contribution < -0.4 is 24.0 Å². The molecule has 1 aliphatic rings. The lowest BCUT2D eigenvalue weighted by atomic mass is 9.97. The van der Waals surface area contributed by atoms with Crippen LogP contribution in [0.15, 0.2) is 0 Å². The first-order valence-electron chi connectivity index (χ1n) is 5.43. The Bertz CT molecular complexity index is 217. The third-order valence-corrected chi connectivity index (χ3v) is 2.72. The van der Waals surface area contributed by atoms with Crippen LogP contribution in [0.3, 0.4) is 0 Å². The Morgan fingerprint density at radius 1 is 1.40 bits per heavy atom. The summed E-state index contributed by atoms with van der Waals surface area (Å²) in [7, 11) is 4.35. The van der Waals surface area contributed by atoms with Crippen molar-refractivity contribution in [2.24, 2.45) is 5.92 Å². The van der Waals surface area contributed by atoms with Crippen molar-refractivity contribution < 1.29 is 38.0 Å². The number of halogens is 1. The quantitative estimate of drug-likeness (QED) is 0.348. The SMILES string of the molecule is CC(C)OC(=O)C1CCC[N+](C)(C)C1.[I-]. The molecule has 0 aromatic rings. The predicted molar refractivity (Wildman–Crippen MR) is 55.8 cm³/mol. The van der Waals surface area contributed by atoms with Crippen LogP contribution in [-0.4, -0.2) is 43.7 Å². The molecule has 4 heteroatoms. The van der Waals surface area contributed by atoms with E-state index in [0.29, 0.717) is 0 Å². The number of ether oxygens (including phenoxy) is 1. The van der Waals surface area contributed by atoms with E-state index < -0.39 is 0 Å². The van der Waals surface area contributed by atoms with Crippen LogP contribution in [-0.2, 0) is 9.53 Å². The van der Waals surface area contributed by atoms with Crippen LogP contribution >= 0.6 is 0 Å². The Morgan fingerprint density at radius 3 is 2.47 bits per heavy atom. The maximum absolute atomic E-state index is 11.7. The van der Waals surface area contributed by atoms with E-state index in [9.17, 15) is 4.79 Å². The zero-order valence-corrected chi connectivity index (χ0v) is 12.3. The molecule has 0 bridgehead atoms. The Kier molecular flexibility index (Phi) is 6.10. The molecular formula is C11H22INO2. The van der Waals surface area contributed by atoms with E-state index in [0.717, 1.165) is 23.9 Å². The maximum Gasteiger partial charge on any atom is 0.314 e. The molecule has 1 aliphatic heterocycles. The molecule has 0 aromatic heterocycles. The topological polar surface area (TPSA) is 26.3 Å². The highest BCUT2D eigenvalue weighted by atomic mass is 127. The summed E-state index contributed by atoms with van der Waals surface area (Å²) in [6.45, 7) is 5.90. The number of esters is 1. The molecule has 3 nitrogen and oxygen atoms in total. The minimum absolute atomic E-state index is 0. The van der Waals surface area contributed by atoms with Gasteiger partial charge in [-0.1, -0.05) is 0 Å². The van der Waals surface area contributed by atoms with Crippen LogP contribution in [0.25, 0.3) is 0 Å². The molecule has 0 aliphatic carbocycles. The van der Waals surface area contributed by atoms with E-state index in [1.165, 1.54) is 6.54 Å². The number of rotatable bonds is 2. The summed E-state index contributed by atoms with van der Waals surface area (Å²) in [4.78, 5) is 11.7. The Hall–Kier alpha value is 0.160. The fourth-order valence-electron chi connectivity index (χ4n) is 2.07. The van der Waals surface area contributed by atoms with Gasteiger partial charge in [0.05, 0.1) is 33.3 Å². The maximum atomic E-state index is 11.7. The fourth-order valence-corrected chi connectivity index (χ4v) is 2.07. The second-order valence-electron chi connectivity index (χ2n) is 5.17. The van der Waals surface area contributed by atoms with Gasteiger partial charge in [-0.25, -0.2) is 0 Å². The lowest BCUT2D eigenvalue weighted by Crippen LogP contribution is -3.00. The van der Waals surface area contributed by atoms with Crippen molar-refractivity contribution >= 4 is 5.97 Å². The van der Waals surface area contributed by atoms with Gasteiger partial charge in [-0.2, -0.15) is 0 Å². The molecular weight excluding hydrogens is 305 g/mol. The van der Waals surface area contributed by atoms with Crippen LogP contribution in [0, 0.1) is 5.92 Å². The molecule has 1 atom stereocenters. The van der Waals surface area contributed by atoms with Crippen molar-refractivity contribution in [1.82, 2.24) is 0 Å². The van der Waals surface area contributed by atoms with E-state index in [4.69, 9.17) is 4.74 Å². The summed E-state index contributed by atoms with van der Waals surface area (Å²) in [6.07, 6.45) is 2.14. The van der Waals surface area contributed by atoms with Gasteiger partial charge >= 0.3 is 5.97 Å². The lowest BCUT2D eigenvalue weighted by molar-refractivity contribution is -0.897. The Labute approximate surface area is 110 Å². The van der Waals surface area contributed by atoms with Gasteiger partial charge in [0.1, 0.15) is 5.92 Å². The summed E-state index contributed by atoms with van der Waals surface area (Å²) in [6, 6.07) is 0. The van der Waals surface area contributed by atoms with Gasteiger partial charge in [0, 0.05) is 0 Å². The number of quaternary nitrogens is 1. The molecule has 15 heavy (non-hydrogen) atoms. The second-order valence-corrected chi connectivity index (χ2v) is 5.17. The molecule has 1 saturated heterocycles. The zero-order chi connectivity index (χ0) is 10.8. The number of nitrogens with zero attached hydrogens (tertiary/aromatic N) is 1. The highest BCUT2D eigenvalue weighted by Gasteiger charge is 2.33. The fraction of sp³-hybridized carbons (Fsp3) is 0.909. The van der Waals surface area contributed by atoms with E-state index in [2.05, 4.69) is 14.1 Å². The highest BCUT2D eigenvalue weighted by Crippen LogP contribution is 2.21. The largest absolute Gasteiger partial charge is 1.00 e. The minimum atomic E-state index is -0.00843. The molecule has 1 heterocycles. The number of hydrogen-bond donors (Lipinski definition) is 0. The molecule has 0 amide bonds. The second kappa shape index (κ2) is 6.03. The van der Waals surface area contributed by atoms with Crippen molar-refractivity contribution in [3.8, 4) is 0 Å². The van der Waals surface area contributed by atoms with E-state index in [1.807, 2.05) is 13.8 Å². The van der Waals surface area contributed by atoms with Crippen LogP contribution in [0.1, 0.15) is 26.7 Å². The molecule has 1 fully saturated rings. The monoisotopic (exact) mass is 327 g/mol. The highest BCUT2D eigenvalue weighted by molar-refractivity contribution is 5.72. The van der Waals surface area contributed by atoms with Crippen LogP contribution in [0.4, 0.5) is 0 Å². The third kappa shape index (κ3) is 5.15. The Balaban J connectivity index is 0.00000196. The normalized spacial score (nSPS) is 24.5. The van der Waals surface area contributed by atoms with Crippen molar-refractivity contribution in [2.45, 2.75) is 32.8 Å². The molecule has 0 spiro atoms. The third-order valence-electron chi connectivity index (χ3n) is 2.72. The summed E-state index contributed by atoms with van der Waals surface area (Å²) >= 11 is 0. The predicted octanol–water partition coefficient (Wildman–Crippen LogP) is -1.57. The smallest absolute Gasteiger partial charge is 0.314 e. The van der Waals surface area contributed by atoms with E-state index in [-0.39, 0.29) is 42.0 Å². The summed E-state index contributed by atoms with van der Waals surface area (Å²) in [5, 5.41) is 0. The molecule has 0 saturated carbocycles. The average Bonchev–Trinajstić information content (AvgIpc) is 2.01. The minimum Gasteiger partial charge on any atom is -1.00 e. The Morgan fingerprint density at radius 2 is 2.00 bits per heavy atom. The van der Waals surface area contributed by atoms with Gasteiger partial charge in [0.2, 0.25) is 0 Å². The van der Waals surface area contributed by atoms with Gasteiger partial charge in [0.15, 0.2) is 0 Å². The van der Waals surface area contributed by atoms with Gasteiger partial charge < -0.3 is 33.2 Å². The number of carbonyl (C=O) groups excluding carboxylic acids is 1. The van der Waals surface area contributed by atoms with Crippen molar-refractivity contribution in [2.75, 3.05) is 27.2 Å². The van der Waals surface area contributed by atoms with Crippen molar-refractivity contribution in [3.63, 3.8) is 0 Å². The van der Waals surface area contributed by atoms with E-state index >= 15 is 0 Å². The van der Waals surface area contributed by atoms with Gasteiger partial charge in [0.25, 0.3) is 0 Å². The number of carbonyl (C=O) groups is 1. The van der Waals surface area contributed by atoms with Crippen LogP contribution in [0.2, 0.25) is 0 Å². The lowest BCUT2D eigenvalue weighted by Gasteiger charge is -2.37. The molecule has 0 N–H and O–H groups in total. The number of likely N-dealkylation sites (tertiary alicyclic amines) is 1. The van der Waals surface area contributed by atoms with Gasteiger partial charge in [-0.3, -0.25) is 4.79 Å². The zero-order valence-electron chi connectivity index (χ0n) is 10.1. The first kappa shape index (κ1) is 15.2. The van der Waals surface area contributed by atoms with Gasteiger partial charge in [-0.15, -0.1) is 0 Å². The number of hydrogen-bond acceptors (Lipinski definition) is 2. The van der Waals surface area contributed by atoms with E-state index in [1.54, 1.807) is 0 Å². The summed E-state index contributed by atoms with van der Waals surface area (Å²) in [5.41, 5.74) is 0. The standard InChI is InChI=1S/C11H22NO2.HI/c1-9(2)14-11(13)10-6-5-7-12(3,4)8-10;/h9-10H,5-8H2,1-4H3;1H/q+1;/p-1. The molecule has 0 aromatic carbocycles. The van der Waals surface area contributed by atoms with Gasteiger partial charge in [-0.05, 0) is 26.7 Å². The summed E-state index contributed by atoms with van der Waals surface area (Å²) < 4.78 is 6.18. The van der Waals surface area contributed by atoms with Crippen molar-refractivity contribution in [3.05, 3.63) is 0 Å². The summed E-state index contributed by atoms with van der Waals surface area (Å²) in [5.74, 6) is 0.104. The average molecular weight is 327 g/mol. The molecule has 0 radical (unpaired) electrons. The molecule has 1 rings (SSSR count). The van der Waals surface area contributed by atoms with Crippen LogP contribution in [0.5, 0.6) is 0 Å². The first-order chi connectivity index (χ1) is 6.41. The van der Waals surface area contributed by atoms with Crippen molar-refractivity contribution in [1.29, 1.82) is 0 Å². The number of piperidine rings is 1.